The van der Waals surface area contributed by atoms with E-state index in [0.29, 0.717) is 0 Å². The number of aliphatic hydroxyl groups is 1. The summed E-state index contributed by atoms with van der Waals surface area (Å²) < 4.78 is 257. The minimum Gasteiger partial charge on any atom is -0.396 e. The van der Waals surface area contributed by atoms with E-state index in [9.17, 15) is 87.5 Å². The van der Waals surface area contributed by atoms with Crippen molar-refractivity contribution in [3.63, 3.8) is 0 Å². The van der Waals surface area contributed by atoms with Crippen LogP contribution in [0, 0.1) is 0 Å². The smallest absolute Gasteiger partial charge is 0.396 e. The first-order valence-corrected chi connectivity index (χ1v) is 9.87. The molecule has 0 aromatic heterocycles. The number of alkyl halides is 17. The van der Waals surface area contributed by atoms with Crippen molar-refractivity contribution in [2.75, 3.05) is 20.2 Å². The summed E-state index contributed by atoms with van der Waals surface area (Å²) in [7, 11) is -8.52. The highest BCUT2D eigenvalue weighted by Gasteiger charge is 2.97. The Bertz CT molecular complexity index is 894. The van der Waals surface area contributed by atoms with Gasteiger partial charge in [-0.15, -0.1) is 0 Å². The first-order valence-electron chi connectivity index (χ1n) is 8.43. The Kier molecular flexibility index (Phi) is 8.77. The monoisotopic (exact) mass is 604 g/mol. The average Bonchev–Trinajstić information content (AvgIpc) is 2.65. The van der Waals surface area contributed by atoms with Crippen LogP contribution in [0.1, 0.15) is 12.8 Å². The number of aliphatic hydroxyl groups excluding tert-OH is 1. The van der Waals surface area contributed by atoms with Gasteiger partial charge in [0.05, 0.1) is 0 Å². The van der Waals surface area contributed by atoms with Crippen LogP contribution in [0.5, 0.6) is 0 Å². The summed E-state index contributed by atoms with van der Waals surface area (Å²) in [6.45, 7) is -2.84. The summed E-state index contributed by atoms with van der Waals surface area (Å²) in [6, 6.07) is 0. The van der Waals surface area contributed by atoms with Crippen LogP contribution in [0.2, 0.25) is 0 Å². The van der Waals surface area contributed by atoms with Crippen LogP contribution in [0.25, 0.3) is 0 Å². The van der Waals surface area contributed by atoms with E-state index >= 15 is 0 Å². The molecule has 0 radical (unpaired) electrons. The molecule has 4 nitrogen and oxygen atoms in total. The molecule has 0 aliphatic rings. The molecule has 23 heteroatoms. The maximum absolute atomic E-state index is 14.1. The molecule has 1 atom stereocenters. The lowest BCUT2D eigenvalue weighted by atomic mass is 9.91. The van der Waals surface area contributed by atoms with Crippen LogP contribution in [0.4, 0.5) is 79.1 Å². The molecule has 0 rings (SSSR count). The Balaban J connectivity index is 6.95. The molecule has 0 amide bonds. The molecular weight excluding hydrogens is 592 g/mol. The van der Waals surface area contributed by atoms with Gasteiger partial charge in [0.2, 0.25) is 0 Å². The number of quaternary nitrogens is 1. The zero-order valence-electron chi connectivity index (χ0n) is 16.8. The highest BCUT2D eigenvalue weighted by atomic mass is 32.2. The van der Waals surface area contributed by atoms with Crippen molar-refractivity contribution in [3.05, 3.63) is 0 Å². The van der Waals surface area contributed by atoms with Gasteiger partial charge in [0.1, 0.15) is 13.6 Å². The number of sulfonamides is 1. The molecule has 36 heavy (non-hydrogen) atoms. The molecule has 1 N–H and O–H groups in total. The number of rotatable bonds is 12. The Labute approximate surface area is 188 Å². The molecule has 0 aliphatic carbocycles. The van der Waals surface area contributed by atoms with Gasteiger partial charge >= 0.3 is 57.0 Å². The van der Waals surface area contributed by atoms with Crippen LogP contribution in [0.15, 0.2) is 0 Å². The third-order valence-corrected chi connectivity index (χ3v) is 6.57. The number of hydrogen-bond donors (Lipinski definition) is 1. The molecule has 0 aliphatic heterocycles. The van der Waals surface area contributed by atoms with E-state index < -0.39 is 94.1 Å². The van der Waals surface area contributed by atoms with Crippen molar-refractivity contribution in [3.8, 4) is 0 Å². The molecule has 1 unspecified atom stereocenters. The van der Waals surface area contributed by atoms with E-state index in [2.05, 4.69) is 0 Å². The van der Waals surface area contributed by atoms with Gasteiger partial charge in [-0.1, -0.05) is 0 Å². The SMILES string of the molecule is C[N+](F)(CCCCO)S(=O)(=O)C(F)(F)C(F)(F)C(F)(F)C(F)(F)C(F)(F)C(F)(F)C(F)(F)C(F)(F)F. The molecule has 218 valence electrons. The van der Waals surface area contributed by atoms with Crippen molar-refractivity contribution in [2.45, 2.75) is 59.8 Å². The second kappa shape index (κ2) is 9.12. The zero-order valence-corrected chi connectivity index (χ0v) is 17.6. The summed E-state index contributed by atoms with van der Waals surface area (Å²) in [5.74, 6) is -52.4. The topological polar surface area (TPSA) is 54.4 Å². The van der Waals surface area contributed by atoms with Crippen LogP contribution >= 0.6 is 0 Å². The lowest BCUT2D eigenvalue weighted by Crippen LogP contribution is -2.75. The molecule has 0 aromatic carbocycles. The van der Waals surface area contributed by atoms with Crippen molar-refractivity contribution in [1.29, 1.82) is 0 Å². The van der Waals surface area contributed by atoms with Crippen LogP contribution < -0.4 is 0 Å². The van der Waals surface area contributed by atoms with Gasteiger partial charge in [0, 0.05) is 17.5 Å². The normalized spacial score (nSPS) is 17.8. The van der Waals surface area contributed by atoms with E-state index in [0.717, 1.165) is 0 Å². The highest BCUT2D eigenvalue weighted by Crippen LogP contribution is 2.64. The summed E-state index contributed by atoms with van der Waals surface area (Å²) in [5, 5.41) is 0.492. The Morgan fingerprint density at radius 2 is 0.889 bits per heavy atom. The van der Waals surface area contributed by atoms with E-state index in [1.54, 1.807) is 0 Å². The summed E-state index contributed by atoms with van der Waals surface area (Å²) in [5.41, 5.74) is 0. The summed E-state index contributed by atoms with van der Waals surface area (Å²) in [4.78, 5) is 0. The van der Waals surface area contributed by atoms with E-state index in [-0.39, 0.29) is 0 Å². The molecule has 0 saturated carbocycles. The second-order valence-electron chi connectivity index (χ2n) is 7.08. The number of unbranched alkanes of at least 4 members (excludes halogenated alkanes) is 1. The van der Waals surface area contributed by atoms with Gasteiger partial charge in [0.15, 0.2) is 0 Å². The highest BCUT2D eigenvalue weighted by molar-refractivity contribution is 7.87. The predicted octanol–water partition coefficient (Wildman–Crippen LogP) is 5.39. The fourth-order valence-electron chi connectivity index (χ4n) is 2.18. The van der Waals surface area contributed by atoms with Crippen molar-refractivity contribution >= 4 is 10.0 Å². The molecule has 0 heterocycles. The van der Waals surface area contributed by atoms with E-state index in [1.165, 1.54) is 0 Å². The Hall–Kier alpha value is -1.39. The molecule has 0 spiro atoms. The van der Waals surface area contributed by atoms with Gasteiger partial charge in [-0.25, -0.2) is 0 Å². The quantitative estimate of drug-likeness (QED) is 0.185. The van der Waals surface area contributed by atoms with Gasteiger partial charge in [-0.2, -0.15) is 83.1 Å². The van der Waals surface area contributed by atoms with Gasteiger partial charge in [-0.05, 0) is 10.5 Å². The van der Waals surface area contributed by atoms with Crippen molar-refractivity contribution in [2.24, 2.45) is 0 Å². The maximum atomic E-state index is 14.1. The molecule has 0 aromatic rings. The maximum Gasteiger partial charge on any atom is 0.467 e. The average molecular weight is 604 g/mol. The summed E-state index contributed by atoms with van der Waals surface area (Å²) >= 11 is 0. The number of nitrogens with zero attached hydrogens (tertiary/aromatic N) is 1. The fourth-order valence-corrected chi connectivity index (χ4v) is 3.48. The minimum atomic E-state index is -8.97. The van der Waals surface area contributed by atoms with Crippen LogP contribution in [-0.4, -0.2) is 84.8 Å². The third-order valence-electron chi connectivity index (χ3n) is 4.48. The number of hydrogen-bond acceptors (Lipinski definition) is 3. The zero-order chi connectivity index (χ0) is 29.8. The second-order valence-corrected chi connectivity index (χ2v) is 9.30. The van der Waals surface area contributed by atoms with E-state index in [4.69, 9.17) is 5.11 Å². The molecule has 0 bridgehead atoms. The Morgan fingerprint density at radius 3 is 1.19 bits per heavy atom. The van der Waals surface area contributed by atoms with Gasteiger partial charge in [-0.3, -0.25) is 0 Å². The lowest BCUT2D eigenvalue weighted by molar-refractivity contribution is -0.934. The largest absolute Gasteiger partial charge is 0.467 e. The predicted molar refractivity (Wildman–Crippen MR) is 78.1 cm³/mol. The van der Waals surface area contributed by atoms with Crippen molar-refractivity contribution < 1.29 is 96.8 Å². The van der Waals surface area contributed by atoms with Crippen molar-refractivity contribution in [1.82, 2.24) is 0 Å². The first-order chi connectivity index (χ1) is 15.3. The van der Waals surface area contributed by atoms with Crippen LogP contribution in [0.3, 0.4) is 0 Å². The van der Waals surface area contributed by atoms with Crippen LogP contribution in [-0.2, 0) is 10.0 Å². The summed E-state index contributed by atoms with van der Waals surface area (Å²) in [6.07, 6.45) is -9.62. The van der Waals surface area contributed by atoms with Gasteiger partial charge in [0.25, 0.3) is 0 Å². The first kappa shape index (κ1) is 34.6. The molecular formula is C13H12F18NO3S+. The van der Waals surface area contributed by atoms with Gasteiger partial charge < -0.3 is 5.11 Å². The lowest BCUT2D eigenvalue weighted by Gasteiger charge is -2.42. The van der Waals surface area contributed by atoms with E-state index in [1.807, 2.05) is 0 Å². The number of halogens is 18. The molecule has 0 saturated heterocycles. The molecule has 0 fully saturated rings. The minimum absolute atomic E-state index is 0.598. The fraction of sp³-hybridized carbons (Fsp3) is 1.00. The standard InChI is InChI=1S/C13H12F18NO3S/c1-32(31,4-2-3-5-33)36(34,35)13(29,30)11(24,25)9(20,21)7(16,17)6(14,15)8(18,19)10(22,23)12(26,27)28/h33H,2-5H2,1H3/q+1. The third kappa shape index (κ3) is 4.45. The Morgan fingerprint density at radius 1 is 0.583 bits per heavy atom.